The van der Waals surface area contributed by atoms with Gasteiger partial charge in [0.15, 0.2) is 0 Å². The summed E-state index contributed by atoms with van der Waals surface area (Å²) in [7, 11) is -3.34. The molecule has 0 spiro atoms. The first kappa shape index (κ1) is 18.9. The minimum Gasteiger partial charge on any atom is -0.346 e. The van der Waals surface area contributed by atoms with Gasteiger partial charge >= 0.3 is 0 Å². The third kappa shape index (κ3) is 7.11. The number of carbonyl (C=O) groups excluding carboxylic acids is 2. The maximum Gasteiger partial charge on any atom is 0.243 e. The highest BCUT2D eigenvalue weighted by molar-refractivity contribution is 7.92. The van der Waals surface area contributed by atoms with Crippen molar-refractivity contribution >= 4 is 33.2 Å². The molecule has 0 aliphatic heterocycles. The Labute approximate surface area is 135 Å². The lowest BCUT2D eigenvalue weighted by molar-refractivity contribution is -0.125. The highest BCUT2D eigenvalue weighted by Gasteiger charge is 2.17. The summed E-state index contributed by atoms with van der Waals surface area (Å²) < 4.78 is 24.5. The molecule has 1 rings (SSSR count). The summed E-state index contributed by atoms with van der Waals surface area (Å²) >= 11 is 0. The number of sulfonamides is 1. The van der Waals surface area contributed by atoms with E-state index in [0.29, 0.717) is 11.4 Å². The smallest absolute Gasteiger partial charge is 0.243 e. The molecule has 1 atom stereocenters. The topological polar surface area (TPSA) is 130 Å². The molecule has 0 saturated heterocycles. The van der Waals surface area contributed by atoms with Crippen molar-refractivity contribution in [3.8, 4) is 0 Å². The Hall–Kier alpha value is -2.13. The molecule has 2 amide bonds. The van der Waals surface area contributed by atoms with Gasteiger partial charge < -0.3 is 16.4 Å². The molecule has 0 bridgehead atoms. The third-order valence-corrected chi connectivity index (χ3v) is 3.52. The van der Waals surface area contributed by atoms with Crippen molar-refractivity contribution in [3.05, 3.63) is 24.3 Å². The van der Waals surface area contributed by atoms with Crippen LogP contribution >= 0.6 is 0 Å². The van der Waals surface area contributed by atoms with Crippen molar-refractivity contribution in [3.63, 3.8) is 0 Å². The molecule has 0 aromatic heterocycles. The van der Waals surface area contributed by atoms with Gasteiger partial charge in [0.1, 0.15) is 0 Å². The molecule has 0 radical (unpaired) electrons. The maximum atomic E-state index is 11.7. The van der Waals surface area contributed by atoms with Crippen LogP contribution < -0.4 is 21.1 Å². The molecule has 23 heavy (non-hydrogen) atoms. The molecule has 0 fully saturated rings. The predicted molar refractivity (Wildman–Crippen MR) is 89.4 cm³/mol. The Kier molecular flexibility index (Phi) is 6.52. The Morgan fingerprint density at radius 1 is 1.13 bits per heavy atom. The lowest BCUT2D eigenvalue weighted by atomic mass is 10.1. The van der Waals surface area contributed by atoms with Crippen LogP contribution in [0.1, 0.15) is 13.8 Å². The Balaban J connectivity index is 2.50. The molecule has 0 saturated carbocycles. The summed E-state index contributed by atoms with van der Waals surface area (Å²) in [5.41, 5.74) is 6.54. The van der Waals surface area contributed by atoms with E-state index >= 15 is 0 Å². The van der Waals surface area contributed by atoms with Crippen molar-refractivity contribution in [1.82, 2.24) is 5.32 Å². The minimum absolute atomic E-state index is 0.0204. The zero-order valence-electron chi connectivity index (χ0n) is 13.3. The number of anilines is 2. The number of carbonyl (C=O) groups is 2. The average Bonchev–Trinajstić information content (AvgIpc) is 2.44. The fraction of sp³-hybridized carbons (Fsp3) is 0.429. The Bertz CT molecular complexity index is 656. The Morgan fingerprint density at radius 2 is 1.65 bits per heavy atom. The summed E-state index contributed by atoms with van der Waals surface area (Å²) in [6, 6.07) is 5.47. The van der Waals surface area contributed by atoms with Crippen LogP contribution in [0.2, 0.25) is 0 Å². The van der Waals surface area contributed by atoms with Gasteiger partial charge in [-0.15, -0.1) is 0 Å². The zero-order chi connectivity index (χ0) is 17.6. The number of rotatable bonds is 7. The summed E-state index contributed by atoms with van der Waals surface area (Å²) in [6.45, 7) is 3.44. The highest BCUT2D eigenvalue weighted by atomic mass is 32.2. The van der Waals surface area contributed by atoms with E-state index in [0.717, 1.165) is 6.26 Å². The van der Waals surface area contributed by atoms with Crippen molar-refractivity contribution in [2.45, 2.75) is 19.9 Å². The van der Waals surface area contributed by atoms with Gasteiger partial charge in [0.2, 0.25) is 21.8 Å². The fourth-order valence-electron chi connectivity index (χ4n) is 1.63. The summed E-state index contributed by atoms with van der Waals surface area (Å²) in [4.78, 5) is 23.4. The molecule has 1 aromatic carbocycles. The first-order chi connectivity index (χ1) is 10.6. The van der Waals surface area contributed by atoms with Crippen LogP contribution in [-0.2, 0) is 19.6 Å². The van der Waals surface area contributed by atoms with Crippen molar-refractivity contribution in [2.75, 3.05) is 22.8 Å². The molecular formula is C14H22N4O4S. The molecule has 1 aromatic rings. The number of benzene rings is 1. The quantitative estimate of drug-likeness (QED) is 0.558. The minimum atomic E-state index is -3.34. The van der Waals surface area contributed by atoms with E-state index < -0.39 is 22.0 Å². The van der Waals surface area contributed by atoms with Crippen LogP contribution in [0.15, 0.2) is 24.3 Å². The zero-order valence-corrected chi connectivity index (χ0v) is 14.1. The summed E-state index contributed by atoms with van der Waals surface area (Å²) in [5, 5.41) is 5.04. The lowest BCUT2D eigenvalue weighted by Crippen LogP contribution is -2.46. The molecule has 8 nitrogen and oxygen atoms in total. The first-order valence-corrected chi connectivity index (χ1v) is 8.88. The molecule has 0 unspecified atom stereocenters. The number of nitrogens with one attached hydrogen (secondary N) is 3. The van der Waals surface area contributed by atoms with Crippen LogP contribution in [0, 0.1) is 5.92 Å². The third-order valence-electron chi connectivity index (χ3n) is 2.92. The largest absolute Gasteiger partial charge is 0.346 e. The number of hydrogen-bond donors (Lipinski definition) is 4. The monoisotopic (exact) mass is 342 g/mol. The molecular weight excluding hydrogens is 320 g/mol. The van der Waals surface area contributed by atoms with Gasteiger partial charge in [-0.3, -0.25) is 14.3 Å². The lowest BCUT2D eigenvalue weighted by Gasteiger charge is -2.15. The standard InChI is InChI=1S/C14H22N4O4S/c1-9(2)13(15)14(20)16-8-12(19)17-10-4-6-11(7-5-10)18-23(3,21)22/h4-7,9,13,18H,8,15H2,1-3H3,(H,16,20)(H,17,19)/t13-/m0/s1. The Morgan fingerprint density at radius 3 is 2.13 bits per heavy atom. The van der Waals surface area contributed by atoms with E-state index in [-0.39, 0.29) is 18.4 Å². The number of nitrogens with two attached hydrogens (primary N) is 1. The van der Waals surface area contributed by atoms with Gasteiger partial charge in [-0.2, -0.15) is 0 Å². The van der Waals surface area contributed by atoms with Gasteiger partial charge in [-0.25, -0.2) is 8.42 Å². The molecule has 9 heteroatoms. The molecule has 0 aliphatic carbocycles. The SMILES string of the molecule is CC(C)[C@H](N)C(=O)NCC(=O)Nc1ccc(NS(C)(=O)=O)cc1. The van der Waals surface area contributed by atoms with Crippen LogP contribution in [0.4, 0.5) is 11.4 Å². The maximum absolute atomic E-state index is 11.7. The van der Waals surface area contributed by atoms with Crippen LogP contribution in [-0.4, -0.2) is 39.1 Å². The second kappa shape index (κ2) is 7.93. The van der Waals surface area contributed by atoms with Crippen molar-refractivity contribution < 1.29 is 18.0 Å². The van der Waals surface area contributed by atoms with Crippen molar-refractivity contribution in [2.24, 2.45) is 11.7 Å². The first-order valence-electron chi connectivity index (χ1n) is 6.99. The van der Waals surface area contributed by atoms with Crippen molar-refractivity contribution in [1.29, 1.82) is 0 Å². The van der Waals surface area contributed by atoms with E-state index in [1.807, 2.05) is 13.8 Å². The highest BCUT2D eigenvalue weighted by Crippen LogP contribution is 2.14. The van der Waals surface area contributed by atoms with Gasteiger partial charge in [-0.05, 0) is 30.2 Å². The van der Waals surface area contributed by atoms with Gasteiger partial charge in [0.05, 0.1) is 18.8 Å². The molecule has 0 heterocycles. The summed E-state index contributed by atoms with van der Waals surface area (Å²) in [6.07, 6.45) is 1.05. The van der Waals surface area contributed by atoms with E-state index in [4.69, 9.17) is 5.73 Å². The number of amides is 2. The van der Waals surface area contributed by atoms with E-state index in [1.165, 1.54) is 12.1 Å². The molecule has 5 N–H and O–H groups in total. The summed E-state index contributed by atoms with van der Waals surface area (Å²) in [5.74, 6) is -0.811. The van der Waals surface area contributed by atoms with Crippen LogP contribution in [0.5, 0.6) is 0 Å². The average molecular weight is 342 g/mol. The van der Waals surface area contributed by atoms with Gasteiger partial charge in [0, 0.05) is 11.4 Å². The fourth-order valence-corrected chi connectivity index (χ4v) is 2.19. The van der Waals surface area contributed by atoms with Crippen LogP contribution in [0.25, 0.3) is 0 Å². The van der Waals surface area contributed by atoms with Crippen LogP contribution in [0.3, 0.4) is 0 Å². The second-order valence-corrected chi connectivity index (χ2v) is 7.24. The predicted octanol–water partition coefficient (Wildman–Crippen LogP) is 0.0961. The van der Waals surface area contributed by atoms with E-state index in [1.54, 1.807) is 12.1 Å². The normalized spacial score (nSPS) is 12.6. The molecule has 0 aliphatic rings. The second-order valence-electron chi connectivity index (χ2n) is 5.49. The van der Waals surface area contributed by atoms with Gasteiger partial charge in [-0.1, -0.05) is 13.8 Å². The number of hydrogen-bond acceptors (Lipinski definition) is 5. The van der Waals surface area contributed by atoms with Gasteiger partial charge in [0.25, 0.3) is 0 Å². The molecule has 128 valence electrons. The van der Waals surface area contributed by atoms with E-state index in [2.05, 4.69) is 15.4 Å². The van der Waals surface area contributed by atoms with E-state index in [9.17, 15) is 18.0 Å².